The summed E-state index contributed by atoms with van der Waals surface area (Å²) < 4.78 is 1.87. The van der Waals surface area contributed by atoms with E-state index in [-0.39, 0.29) is 11.7 Å². The molecule has 6 nitrogen and oxygen atoms in total. The van der Waals surface area contributed by atoms with Crippen LogP contribution in [0.4, 0.5) is 0 Å². The van der Waals surface area contributed by atoms with Crippen molar-refractivity contribution in [1.29, 1.82) is 0 Å². The molecule has 0 spiro atoms. The second-order valence-corrected chi connectivity index (χ2v) is 5.67. The number of nitrogens with zero attached hydrogens (tertiary/aromatic N) is 2. The first-order valence-corrected chi connectivity index (χ1v) is 7.59. The summed E-state index contributed by atoms with van der Waals surface area (Å²) in [6.07, 6.45) is 0. The van der Waals surface area contributed by atoms with E-state index in [4.69, 9.17) is 16.7 Å². The van der Waals surface area contributed by atoms with Crippen LogP contribution in [0.5, 0.6) is 0 Å². The molecule has 0 saturated carbocycles. The van der Waals surface area contributed by atoms with Crippen LogP contribution in [0.1, 0.15) is 6.92 Å². The summed E-state index contributed by atoms with van der Waals surface area (Å²) in [7, 11) is 0. The van der Waals surface area contributed by atoms with Gasteiger partial charge >= 0.3 is 5.97 Å². The van der Waals surface area contributed by atoms with E-state index >= 15 is 0 Å². The Morgan fingerprint density at radius 2 is 2.24 bits per heavy atom. The van der Waals surface area contributed by atoms with Crippen molar-refractivity contribution in [2.24, 2.45) is 0 Å². The van der Waals surface area contributed by atoms with Gasteiger partial charge < -0.3 is 15.0 Å². The van der Waals surface area contributed by atoms with Gasteiger partial charge in [-0.15, -0.1) is 0 Å². The maximum absolute atomic E-state index is 10.9. The summed E-state index contributed by atoms with van der Waals surface area (Å²) in [5, 5.41) is 12.6. The number of carbonyl (C=O) groups is 2. The van der Waals surface area contributed by atoms with E-state index in [1.807, 2.05) is 16.7 Å². The van der Waals surface area contributed by atoms with Crippen LogP contribution in [0.3, 0.4) is 0 Å². The Bertz CT molecular complexity index is 687. The molecule has 1 aromatic heterocycles. The van der Waals surface area contributed by atoms with Crippen LogP contribution in [-0.2, 0) is 16.1 Å². The van der Waals surface area contributed by atoms with Gasteiger partial charge in [-0.25, -0.2) is 4.98 Å². The number of thioether (sulfide) groups is 1. The van der Waals surface area contributed by atoms with Crippen LogP contribution in [-0.4, -0.2) is 38.8 Å². The lowest BCUT2D eigenvalue weighted by Crippen LogP contribution is -2.24. The molecule has 0 radical (unpaired) electrons. The van der Waals surface area contributed by atoms with Crippen molar-refractivity contribution in [1.82, 2.24) is 14.9 Å². The van der Waals surface area contributed by atoms with Crippen LogP contribution >= 0.6 is 23.4 Å². The number of halogens is 1. The Balaban J connectivity index is 2.32. The molecule has 0 saturated heterocycles. The molecular formula is C13H14ClN3O3S. The number of hydrogen-bond acceptors (Lipinski definition) is 4. The Morgan fingerprint density at radius 3 is 2.90 bits per heavy atom. The molecule has 112 valence electrons. The number of carboxylic acids is 1. The minimum Gasteiger partial charge on any atom is -0.481 e. The first kappa shape index (κ1) is 15.7. The maximum atomic E-state index is 10.9. The van der Waals surface area contributed by atoms with Gasteiger partial charge in [0.15, 0.2) is 5.16 Å². The summed E-state index contributed by atoms with van der Waals surface area (Å²) in [5.74, 6) is -1.11. The molecule has 0 atom stereocenters. The monoisotopic (exact) mass is 327 g/mol. The highest BCUT2D eigenvalue weighted by molar-refractivity contribution is 7.99. The number of para-hydroxylation sites is 1. The van der Waals surface area contributed by atoms with E-state index in [9.17, 15) is 9.59 Å². The average Bonchev–Trinajstić information content (AvgIpc) is 2.76. The highest BCUT2D eigenvalue weighted by Crippen LogP contribution is 2.28. The van der Waals surface area contributed by atoms with Crippen molar-refractivity contribution in [3.05, 3.63) is 23.2 Å². The predicted octanol–water partition coefficient (Wildman–Crippen LogP) is 2.00. The van der Waals surface area contributed by atoms with E-state index in [2.05, 4.69) is 10.3 Å². The zero-order chi connectivity index (χ0) is 15.4. The van der Waals surface area contributed by atoms with Crippen molar-refractivity contribution >= 4 is 46.3 Å². The van der Waals surface area contributed by atoms with Gasteiger partial charge in [-0.1, -0.05) is 29.4 Å². The average molecular weight is 328 g/mol. The number of carboxylic acid groups (broad SMARTS) is 1. The SMILES string of the molecule is CC(=O)NCCn1c(SCC(=O)O)nc2c(Cl)cccc21. The van der Waals surface area contributed by atoms with Crippen molar-refractivity contribution in [3.63, 3.8) is 0 Å². The molecule has 0 unspecified atom stereocenters. The van der Waals surface area contributed by atoms with E-state index in [0.717, 1.165) is 17.3 Å². The topological polar surface area (TPSA) is 84.2 Å². The standard InChI is InChI=1S/C13H14ClN3O3S/c1-8(18)15-5-6-17-10-4-2-3-9(14)12(10)16-13(17)21-7-11(19)20/h2-4H,5-7H2,1H3,(H,15,18)(H,19,20). The van der Waals surface area contributed by atoms with Crippen molar-refractivity contribution in [3.8, 4) is 0 Å². The largest absolute Gasteiger partial charge is 0.481 e. The lowest BCUT2D eigenvalue weighted by Gasteiger charge is -2.08. The number of carbonyl (C=O) groups excluding carboxylic acids is 1. The number of rotatable bonds is 6. The van der Waals surface area contributed by atoms with Gasteiger partial charge in [0.2, 0.25) is 5.91 Å². The third-order valence-electron chi connectivity index (χ3n) is 2.73. The Hall–Kier alpha value is -1.73. The Morgan fingerprint density at radius 1 is 1.48 bits per heavy atom. The van der Waals surface area contributed by atoms with Crippen LogP contribution in [0.25, 0.3) is 11.0 Å². The maximum Gasteiger partial charge on any atom is 0.313 e. The normalized spacial score (nSPS) is 10.8. The van der Waals surface area contributed by atoms with Crippen LogP contribution in [0, 0.1) is 0 Å². The number of hydrogen-bond donors (Lipinski definition) is 2. The van der Waals surface area contributed by atoms with Gasteiger partial charge in [0.1, 0.15) is 5.52 Å². The fourth-order valence-corrected chi connectivity index (χ4v) is 2.85. The summed E-state index contributed by atoms with van der Waals surface area (Å²) in [5.41, 5.74) is 1.45. The van der Waals surface area contributed by atoms with Gasteiger partial charge in [0.25, 0.3) is 0 Å². The molecule has 0 aliphatic heterocycles. The Kier molecular flexibility index (Phi) is 5.08. The Labute approximate surface area is 130 Å². The highest BCUT2D eigenvalue weighted by Gasteiger charge is 2.14. The van der Waals surface area contributed by atoms with Gasteiger partial charge in [-0.2, -0.15) is 0 Å². The molecule has 8 heteroatoms. The number of amides is 1. The molecular weight excluding hydrogens is 314 g/mol. The van der Waals surface area contributed by atoms with Gasteiger partial charge in [-0.05, 0) is 12.1 Å². The molecule has 1 heterocycles. The number of nitrogens with one attached hydrogen (secondary N) is 1. The number of imidazole rings is 1. The molecule has 0 fully saturated rings. The van der Waals surface area contributed by atoms with Crippen molar-refractivity contribution in [2.45, 2.75) is 18.6 Å². The first-order chi connectivity index (χ1) is 9.99. The van der Waals surface area contributed by atoms with E-state index in [1.165, 1.54) is 6.92 Å². The molecule has 2 rings (SSSR count). The molecule has 1 amide bonds. The zero-order valence-electron chi connectivity index (χ0n) is 11.3. The minimum atomic E-state index is -0.911. The fraction of sp³-hybridized carbons (Fsp3) is 0.308. The van der Waals surface area contributed by atoms with E-state index < -0.39 is 5.97 Å². The van der Waals surface area contributed by atoms with Crippen molar-refractivity contribution in [2.75, 3.05) is 12.3 Å². The van der Waals surface area contributed by atoms with Gasteiger partial charge in [0.05, 0.1) is 16.3 Å². The smallest absolute Gasteiger partial charge is 0.313 e. The molecule has 2 N–H and O–H groups in total. The quantitative estimate of drug-likeness (QED) is 0.793. The second kappa shape index (κ2) is 6.82. The highest BCUT2D eigenvalue weighted by atomic mass is 35.5. The van der Waals surface area contributed by atoms with E-state index in [0.29, 0.717) is 28.8 Å². The van der Waals surface area contributed by atoms with Crippen LogP contribution in [0.2, 0.25) is 5.02 Å². The van der Waals surface area contributed by atoms with E-state index in [1.54, 1.807) is 6.07 Å². The minimum absolute atomic E-state index is 0.0823. The molecule has 0 aliphatic rings. The second-order valence-electron chi connectivity index (χ2n) is 4.32. The molecule has 1 aromatic carbocycles. The zero-order valence-corrected chi connectivity index (χ0v) is 12.9. The van der Waals surface area contributed by atoms with Gasteiger partial charge in [-0.3, -0.25) is 9.59 Å². The third kappa shape index (κ3) is 3.89. The lowest BCUT2D eigenvalue weighted by molar-refractivity contribution is -0.133. The van der Waals surface area contributed by atoms with Crippen LogP contribution in [0.15, 0.2) is 23.4 Å². The number of fused-ring (bicyclic) bond motifs is 1. The summed E-state index contributed by atoms with van der Waals surface area (Å²) in [6, 6.07) is 5.42. The summed E-state index contributed by atoms with van der Waals surface area (Å²) in [4.78, 5) is 26.1. The molecule has 21 heavy (non-hydrogen) atoms. The molecule has 0 aliphatic carbocycles. The number of aliphatic carboxylic acids is 1. The third-order valence-corrected chi connectivity index (χ3v) is 3.99. The number of benzene rings is 1. The molecule has 0 bridgehead atoms. The predicted molar refractivity (Wildman–Crippen MR) is 81.8 cm³/mol. The van der Waals surface area contributed by atoms with Gasteiger partial charge in [0, 0.05) is 20.0 Å². The van der Waals surface area contributed by atoms with Crippen LogP contribution < -0.4 is 5.32 Å². The summed E-state index contributed by atoms with van der Waals surface area (Å²) >= 11 is 7.25. The van der Waals surface area contributed by atoms with Crippen molar-refractivity contribution < 1.29 is 14.7 Å². The number of aromatic nitrogens is 2. The lowest BCUT2D eigenvalue weighted by atomic mass is 10.3. The molecule has 2 aromatic rings. The summed E-state index contributed by atoms with van der Waals surface area (Å²) in [6.45, 7) is 2.38. The fourth-order valence-electron chi connectivity index (χ4n) is 1.89. The first-order valence-electron chi connectivity index (χ1n) is 6.23.